The van der Waals surface area contributed by atoms with Gasteiger partial charge in [-0.2, -0.15) is 0 Å². The maximum atomic E-state index is 12.2. The molecule has 1 aliphatic rings. The summed E-state index contributed by atoms with van der Waals surface area (Å²) in [6.07, 6.45) is 3.60. The average molecular weight is 347 g/mol. The topological polar surface area (TPSA) is 73.4 Å². The molecule has 0 unspecified atom stereocenters. The minimum absolute atomic E-state index is 0.182. The van der Waals surface area contributed by atoms with Crippen molar-refractivity contribution in [3.8, 4) is 0 Å². The van der Waals surface area contributed by atoms with Crippen LogP contribution in [0.25, 0.3) is 0 Å². The van der Waals surface area contributed by atoms with Gasteiger partial charge in [0.25, 0.3) is 0 Å². The van der Waals surface area contributed by atoms with Crippen LogP contribution in [0.1, 0.15) is 74.1 Å². The molecule has 1 rings (SSSR count). The molecule has 2 atom stereocenters. The van der Waals surface area contributed by atoms with E-state index in [1.165, 1.54) is 0 Å². The van der Waals surface area contributed by atoms with Gasteiger partial charge in [-0.05, 0) is 80.1 Å². The number of alkyl carbamates (subject to hydrolysis) is 1. The molecule has 5 nitrogen and oxygen atoms in total. The van der Waals surface area contributed by atoms with E-state index in [0.717, 1.165) is 25.7 Å². The van der Waals surface area contributed by atoms with Crippen molar-refractivity contribution >= 4 is 17.5 Å². The highest BCUT2D eigenvalue weighted by molar-refractivity contribution is 7.90. The summed E-state index contributed by atoms with van der Waals surface area (Å²) in [5, 5.41) is 2.96. The van der Waals surface area contributed by atoms with Crippen LogP contribution in [0.5, 0.6) is 0 Å². The van der Waals surface area contributed by atoms with Crippen LogP contribution in [0, 0.1) is 5.92 Å². The van der Waals surface area contributed by atoms with E-state index >= 15 is 0 Å². The highest BCUT2D eigenvalue weighted by Gasteiger charge is 2.33. The Labute approximate surface area is 144 Å². The molecule has 6 heteroatoms. The van der Waals surface area contributed by atoms with Gasteiger partial charge in [0, 0.05) is 17.4 Å². The fraction of sp³-hybridized carbons (Fsp3) is 0.941. The summed E-state index contributed by atoms with van der Waals surface area (Å²) in [7, 11) is 0. The van der Waals surface area contributed by atoms with Crippen LogP contribution in [0.2, 0.25) is 0 Å². The Kier molecular flexibility index (Phi) is 7.23. The third-order valence-electron chi connectivity index (χ3n) is 4.05. The van der Waals surface area contributed by atoms with Crippen molar-refractivity contribution in [1.82, 2.24) is 10.0 Å². The molecule has 1 amide bonds. The summed E-state index contributed by atoms with van der Waals surface area (Å²) in [5.74, 6) is 0.498. The molecule has 0 aromatic rings. The first-order valence-corrected chi connectivity index (χ1v) is 9.71. The van der Waals surface area contributed by atoms with Crippen LogP contribution in [0.3, 0.4) is 0 Å². The van der Waals surface area contributed by atoms with E-state index in [-0.39, 0.29) is 22.9 Å². The van der Waals surface area contributed by atoms with Crippen LogP contribution < -0.4 is 10.0 Å². The maximum Gasteiger partial charge on any atom is 0.407 e. The van der Waals surface area contributed by atoms with Crippen molar-refractivity contribution in [1.29, 1.82) is 0 Å². The predicted octanol–water partition coefficient (Wildman–Crippen LogP) is 3.51. The molecule has 1 aliphatic carbocycles. The fourth-order valence-corrected chi connectivity index (χ4v) is 3.56. The largest absolute Gasteiger partial charge is 0.598 e. The second-order valence-corrected chi connectivity index (χ2v) is 10.5. The summed E-state index contributed by atoms with van der Waals surface area (Å²) in [6.45, 7) is 13.6. The van der Waals surface area contributed by atoms with E-state index in [2.05, 4.69) is 17.0 Å². The minimum atomic E-state index is -1.04. The Morgan fingerprint density at radius 3 is 2.09 bits per heavy atom. The fourth-order valence-electron chi connectivity index (χ4n) is 2.68. The number of rotatable bonds is 4. The van der Waals surface area contributed by atoms with Crippen LogP contribution in [-0.2, 0) is 16.1 Å². The third kappa shape index (κ3) is 7.77. The lowest BCUT2D eigenvalue weighted by molar-refractivity contribution is 0.0485. The molecule has 0 saturated heterocycles. The number of hydrogen-bond donors (Lipinski definition) is 2. The van der Waals surface area contributed by atoms with Gasteiger partial charge in [-0.1, -0.05) is 0 Å². The standard InChI is InChI=1S/C17H34N2O3S/c1-12(19-23(21)17(5,6)7)13-8-10-14(11-9-13)18-15(20)22-16(2,3)4/h12-14,19H,8-11H2,1-7H3,(H,18,20)/t12-,13?,14?,23-/m1/s1. The Morgan fingerprint density at radius 1 is 1.13 bits per heavy atom. The van der Waals surface area contributed by atoms with E-state index in [0.29, 0.717) is 5.92 Å². The third-order valence-corrected chi connectivity index (χ3v) is 5.75. The maximum absolute atomic E-state index is 12.2. The monoisotopic (exact) mass is 346 g/mol. The molecule has 0 radical (unpaired) electrons. The zero-order valence-corrected chi connectivity index (χ0v) is 16.5. The van der Waals surface area contributed by atoms with Crippen molar-refractivity contribution in [3.05, 3.63) is 0 Å². The van der Waals surface area contributed by atoms with Gasteiger partial charge in [-0.25, -0.2) is 4.79 Å². The Morgan fingerprint density at radius 2 is 1.65 bits per heavy atom. The van der Waals surface area contributed by atoms with Gasteiger partial charge in [-0.3, -0.25) is 0 Å². The number of hydrogen-bond acceptors (Lipinski definition) is 4. The van der Waals surface area contributed by atoms with Gasteiger partial charge in [0.2, 0.25) is 0 Å². The summed E-state index contributed by atoms with van der Waals surface area (Å²) < 4.78 is 20.5. The summed E-state index contributed by atoms with van der Waals surface area (Å²) in [4.78, 5) is 11.8. The smallest absolute Gasteiger partial charge is 0.407 e. The summed E-state index contributed by atoms with van der Waals surface area (Å²) in [5.41, 5.74) is -0.462. The predicted molar refractivity (Wildman–Crippen MR) is 95.6 cm³/mol. The van der Waals surface area contributed by atoms with Gasteiger partial charge < -0.3 is 14.6 Å². The lowest BCUT2D eigenvalue weighted by Gasteiger charge is -2.34. The second kappa shape index (κ2) is 8.08. The lowest BCUT2D eigenvalue weighted by atomic mass is 9.82. The van der Waals surface area contributed by atoms with Crippen molar-refractivity contribution in [2.45, 2.75) is 96.6 Å². The quantitative estimate of drug-likeness (QED) is 0.764. The van der Waals surface area contributed by atoms with Gasteiger partial charge >= 0.3 is 6.09 Å². The first-order valence-electron chi connectivity index (χ1n) is 8.56. The molecule has 0 aliphatic heterocycles. The van der Waals surface area contributed by atoms with Crippen molar-refractivity contribution in [3.63, 3.8) is 0 Å². The van der Waals surface area contributed by atoms with Gasteiger partial charge in [0.15, 0.2) is 0 Å². The van der Waals surface area contributed by atoms with Crippen molar-refractivity contribution < 1.29 is 14.1 Å². The van der Waals surface area contributed by atoms with Gasteiger partial charge in [-0.15, -0.1) is 4.72 Å². The Hall–Kier alpha value is -0.460. The zero-order valence-electron chi connectivity index (χ0n) is 15.7. The number of ether oxygens (including phenoxy) is 1. The highest BCUT2D eigenvalue weighted by atomic mass is 32.2. The van der Waals surface area contributed by atoms with Crippen LogP contribution in [0.15, 0.2) is 0 Å². The molecular formula is C17H34N2O3S. The van der Waals surface area contributed by atoms with Crippen LogP contribution in [-0.4, -0.2) is 33.1 Å². The van der Waals surface area contributed by atoms with E-state index in [9.17, 15) is 9.35 Å². The molecule has 2 N–H and O–H groups in total. The Bertz CT molecular complexity index is 382. The highest BCUT2D eigenvalue weighted by Crippen LogP contribution is 2.28. The first-order chi connectivity index (χ1) is 10.4. The molecule has 0 aromatic heterocycles. The number of carbonyl (C=O) groups excluding carboxylic acids is 1. The number of carbonyl (C=O) groups is 1. The van der Waals surface area contributed by atoms with Crippen LogP contribution in [0.4, 0.5) is 4.79 Å². The van der Waals surface area contributed by atoms with E-state index in [4.69, 9.17) is 4.74 Å². The van der Waals surface area contributed by atoms with Crippen molar-refractivity contribution in [2.75, 3.05) is 0 Å². The van der Waals surface area contributed by atoms with E-state index in [1.54, 1.807) is 0 Å². The molecule has 0 heterocycles. The SMILES string of the molecule is C[C@@H](N[S@+]([O-])C(C)(C)C)C1CCC(NC(=O)OC(C)(C)C)CC1. The first kappa shape index (κ1) is 20.6. The molecule has 0 spiro atoms. The molecule has 1 saturated carbocycles. The summed E-state index contributed by atoms with van der Waals surface area (Å²) >= 11 is -1.04. The molecular weight excluding hydrogens is 312 g/mol. The zero-order chi connectivity index (χ0) is 17.8. The minimum Gasteiger partial charge on any atom is -0.598 e. The lowest BCUT2D eigenvalue weighted by Crippen LogP contribution is -2.48. The van der Waals surface area contributed by atoms with E-state index in [1.807, 2.05) is 41.5 Å². The van der Waals surface area contributed by atoms with Crippen LogP contribution >= 0.6 is 0 Å². The van der Waals surface area contributed by atoms with Crippen molar-refractivity contribution in [2.24, 2.45) is 5.92 Å². The van der Waals surface area contributed by atoms with Gasteiger partial charge in [0.1, 0.15) is 10.3 Å². The molecule has 0 bridgehead atoms. The normalized spacial score (nSPS) is 25.6. The molecule has 0 aromatic carbocycles. The molecule has 23 heavy (non-hydrogen) atoms. The molecule has 136 valence electrons. The average Bonchev–Trinajstić information content (AvgIpc) is 2.35. The van der Waals surface area contributed by atoms with E-state index < -0.39 is 17.0 Å². The number of amides is 1. The van der Waals surface area contributed by atoms with Gasteiger partial charge in [0.05, 0.1) is 6.04 Å². The number of nitrogens with one attached hydrogen (secondary N) is 2. The molecule has 1 fully saturated rings. The summed E-state index contributed by atoms with van der Waals surface area (Å²) in [6, 6.07) is 0.402. The Balaban J connectivity index is 2.36. The second-order valence-electron chi connectivity index (χ2n) is 8.55.